The average molecular weight is 626 g/mol. The van der Waals surface area contributed by atoms with Gasteiger partial charge in [-0.1, -0.05) is 70.2 Å². The van der Waals surface area contributed by atoms with Crippen LogP contribution in [0.2, 0.25) is 18.1 Å². The SMILES string of the molecule is CCc1cc2c(=O)n(CCn3ccnc3CO[Si](C)(C)C(C)(C)C)c(=O)n(Cc3ccc(-c4ccccc4C#N)cc3)c2s1. The molecule has 0 aliphatic rings. The summed E-state index contributed by atoms with van der Waals surface area (Å²) in [4.78, 5) is 33.8. The van der Waals surface area contributed by atoms with E-state index in [2.05, 4.69) is 51.8 Å². The van der Waals surface area contributed by atoms with Crippen molar-refractivity contribution in [3.63, 3.8) is 0 Å². The number of imidazole rings is 1. The van der Waals surface area contributed by atoms with Crippen LogP contribution in [0, 0.1) is 11.3 Å². The molecule has 2 aromatic carbocycles. The molecule has 10 heteroatoms. The van der Waals surface area contributed by atoms with Gasteiger partial charge in [-0.05, 0) is 53.4 Å². The molecule has 0 fully saturated rings. The van der Waals surface area contributed by atoms with Gasteiger partial charge in [0.1, 0.15) is 10.7 Å². The number of fused-ring (bicyclic) bond motifs is 1. The van der Waals surface area contributed by atoms with Crippen molar-refractivity contribution in [3.8, 4) is 17.2 Å². The van der Waals surface area contributed by atoms with E-state index in [0.29, 0.717) is 35.5 Å². The molecular formula is C34H39N5O3SSi. The lowest BCUT2D eigenvalue weighted by Gasteiger charge is -2.36. The zero-order valence-electron chi connectivity index (χ0n) is 26.3. The molecule has 0 saturated heterocycles. The maximum atomic E-state index is 13.9. The Morgan fingerprint density at radius 2 is 1.75 bits per heavy atom. The molecular weight excluding hydrogens is 587 g/mol. The number of nitriles is 1. The lowest BCUT2D eigenvalue weighted by atomic mass is 9.99. The molecule has 0 bridgehead atoms. The summed E-state index contributed by atoms with van der Waals surface area (Å²) in [5, 5.41) is 10.2. The smallest absolute Gasteiger partial charge is 0.332 e. The predicted molar refractivity (Wildman–Crippen MR) is 180 cm³/mol. The Morgan fingerprint density at radius 1 is 1.02 bits per heavy atom. The molecule has 44 heavy (non-hydrogen) atoms. The van der Waals surface area contributed by atoms with Crippen molar-refractivity contribution in [2.45, 2.75) is 78.5 Å². The van der Waals surface area contributed by atoms with E-state index in [-0.39, 0.29) is 22.8 Å². The molecule has 0 N–H and O–H groups in total. The minimum absolute atomic E-state index is 0.0809. The van der Waals surface area contributed by atoms with Crippen LogP contribution >= 0.6 is 11.3 Å². The fourth-order valence-corrected chi connectivity index (χ4v) is 6.92. The first-order valence-electron chi connectivity index (χ1n) is 14.9. The van der Waals surface area contributed by atoms with E-state index in [1.807, 2.05) is 59.3 Å². The quantitative estimate of drug-likeness (QED) is 0.159. The number of hydrogen-bond donors (Lipinski definition) is 0. The molecule has 0 amide bonds. The van der Waals surface area contributed by atoms with Gasteiger partial charge in [0.05, 0.1) is 30.2 Å². The van der Waals surface area contributed by atoms with Crippen LogP contribution in [0.15, 0.2) is 76.6 Å². The van der Waals surface area contributed by atoms with Gasteiger partial charge in [0.2, 0.25) is 0 Å². The second-order valence-electron chi connectivity index (χ2n) is 12.6. The van der Waals surface area contributed by atoms with Crippen LogP contribution in [-0.2, 0) is 37.1 Å². The summed E-state index contributed by atoms with van der Waals surface area (Å²) in [6.45, 7) is 14.4. The van der Waals surface area contributed by atoms with Crippen molar-refractivity contribution < 1.29 is 4.43 Å². The minimum atomic E-state index is -1.97. The second-order valence-corrected chi connectivity index (χ2v) is 18.5. The lowest BCUT2D eigenvalue weighted by Crippen LogP contribution is -2.41. The maximum Gasteiger partial charge on any atom is 0.332 e. The lowest BCUT2D eigenvalue weighted by molar-refractivity contribution is 0.261. The number of benzene rings is 2. The zero-order chi connectivity index (χ0) is 31.6. The van der Waals surface area contributed by atoms with Crippen molar-refractivity contribution in [1.29, 1.82) is 5.26 Å². The van der Waals surface area contributed by atoms with Gasteiger partial charge in [-0.3, -0.25) is 13.9 Å². The van der Waals surface area contributed by atoms with Gasteiger partial charge in [-0.25, -0.2) is 9.78 Å². The molecule has 8 nitrogen and oxygen atoms in total. The Kier molecular flexibility index (Phi) is 8.93. The molecule has 0 aliphatic heterocycles. The summed E-state index contributed by atoms with van der Waals surface area (Å²) < 4.78 is 11.4. The van der Waals surface area contributed by atoms with Gasteiger partial charge in [0, 0.05) is 30.4 Å². The van der Waals surface area contributed by atoms with Gasteiger partial charge in [-0.15, -0.1) is 11.3 Å². The third-order valence-electron chi connectivity index (χ3n) is 8.68. The van der Waals surface area contributed by atoms with E-state index >= 15 is 0 Å². The van der Waals surface area contributed by atoms with Crippen LogP contribution in [-0.4, -0.2) is 27.0 Å². The van der Waals surface area contributed by atoms with Crippen molar-refractivity contribution >= 4 is 29.9 Å². The third-order valence-corrected chi connectivity index (χ3v) is 14.5. The molecule has 0 spiro atoms. The van der Waals surface area contributed by atoms with Crippen molar-refractivity contribution in [3.05, 3.63) is 110 Å². The summed E-state index contributed by atoms with van der Waals surface area (Å²) in [6, 6.07) is 19.6. The van der Waals surface area contributed by atoms with Gasteiger partial charge in [0.25, 0.3) is 5.56 Å². The monoisotopic (exact) mass is 625 g/mol. The first-order chi connectivity index (χ1) is 20.9. The Balaban J connectivity index is 1.44. The fraction of sp³-hybridized carbons (Fsp3) is 0.353. The standard InChI is InChI=1S/C34H39N5O3SSi/c1-7-27-20-29-31(40)38(19-18-37-17-16-36-30(37)23-42-44(5,6)34(2,3)4)33(41)39(32(29)43-27)22-24-12-14-25(15-13-24)28-11-9-8-10-26(28)21-35/h8-17,20H,7,18-19,22-23H2,1-6H3. The zero-order valence-corrected chi connectivity index (χ0v) is 28.1. The first kappa shape index (κ1) is 31.4. The average Bonchev–Trinajstić information content (AvgIpc) is 3.65. The van der Waals surface area contributed by atoms with Crippen molar-refractivity contribution in [2.75, 3.05) is 0 Å². The molecule has 3 aromatic heterocycles. The summed E-state index contributed by atoms with van der Waals surface area (Å²) in [5.41, 5.74) is 2.76. The van der Waals surface area contributed by atoms with E-state index in [0.717, 1.165) is 33.8 Å². The molecule has 3 heterocycles. The minimum Gasteiger partial charge on any atom is -0.409 e. The molecule has 5 rings (SSSR count). The Bertz CT molecular complexity index is 1950. The number of nitrogens with zero attached hydrogens (tertiary/aromatic N) is 5. The van der Waals surface area contributed by atoms with Crippen molar-refractivity contribution in [2.24, 2.45) is 0 Å². The third kappa shape index (κ3) is 6.27. The van der Waals surface area contributed by atoms with Gasteiger partial charge >= 0.3 is 5.69 Å². The molecule has 0 aliphatic carbocycles. The summed E-state index contributed by atoms with van der Waals surface area (Å²) in [6.07, 6.45) is 4.39. The van der Waals surface area contributed by atoms with Crippen LogP contribution in [0.5, 0.6) is 0 Å². The van der Waals surface area contributed by atoms with Crippen LogP contribution in [0.25, 0.3) is 21.3 Å². The molecule has 228 valence electrons. The number of hydrogen-bond acceptors (Lipinski definition) is 6. The second kappa shape index (κ2) is 12.5. The topological polar surface area (TPSA) is 94.8 Å². The maximum absolute atomic E-state index is 13.9. The van der Waals surface area contributed by atoms with Crippen molar-refractivity contribution in [1.82, 2.24) is 18.7 Å². The van der Waals surface area contributed by atoms with Crippen LogP contribution in [0.3, 0.4) is 0 Å². The number of aromatic nitrogens is 4. The first-order valence-corrected chi connectivity index (χ1v) is 18.6. The number of rotatable bonds is 10. The Morgan fingerprint density at radius 3 is 2.43 bits per heavy atom. The molecule has 0 atom stereocenters. The van der Waals surface area contributed by atoms with E-state index < -0.39 is 8.32 Å². The van der Waals surface area contributed by atoms with Gasteiger partial charge < -0.3 is 8.99 Å². The van der Waals surface area contributed by atoms with Crippen LogP contribution < -0.4 is 11.2 Å². The highest BCUT2D eigenvalue weighted by Crippen LogP contribution is 2.37. The number of thiophene rings is 1. The highest BCUT2D eigenvalue weighted by atomic mass is 32.1. The molecule has 0 radical (unpaired) electrons. The molecule has 5 aromatic rings. The van der Waals surface area contributed by atoms with Crippen LogP contribution in [0.1, 0.15) is 49.5 Å². The Labute approximate surface area is 263 Å². The van der Waals surface area contributed by atoms with E-state index in [4.69, 9.17) is 4.43 Å². The van der Waals surface area contributed by atoms with E-state index in [1.165, 1.54) is 15.9 Å². The van der Waals surface area contributed by atoms with Gasteiger partial charge in [0.15, 0.2) is 8.32 Å². The fourth-order valence-electron chi connectivity index (χ4n) is 4.92. The van der Waals surface area contributed by atoms with E-state index in [1.54, 1.807) is 16.8 Å². The van der Waals surface area contributed by atoms with Crippen LogP contribution in [0.4, 0.5) is 0 Å². The number of aryl methyl sites for hydroxylation is 2. The molecule has 0 unspecified atom stereocenters. The van der Waals surface area contributed by atoms with Gasteiger partial charge in [-0.2, -0.15) is 5.26 Å². The summed E-state index contributed by atoms with van der Waals surface area (Å²) in [7, 11) is -1.97. The highest BCUT2D eigenvalue weighted by molar-refractivity contribution is 7.18. The summed E-state index contributed by atoms with van der Waals surface area (Å²) in [5.74, 6) is 0.783. The predicted octanol–water partition coefficient (Wildman–Crippen LogP) is 6.79. The Hall–Kier alpha value is -4.04. The van der Waals surface area contributed by atoms with E-state index in [9.17, 15) is 14.9 Å². The highest BCUT2D eigenvalue weighted by Gasteiger charge is 2.37. The summed E-state index contributed by atoms with van der Waals surface area (Å²) >= 11 is 1.50. The normalized spacial score (nSPS) is 12.1. The molecule has 0 saturated carbocycles. The largest absolute Gasteiger partial charge is 0.409 e.